The maximum absolute atomic E-state index is 6.23. The summed E-state index contributed by atoms with van der Waals surface area (Å²) in [5, 5.41) is 0. The summed E-state index contributed by atoms with van der Waals surface area (Å²) in [6, 6.07) is 16.4. The molecule has 25 heavy (non-hydrogen) atoms. The molecular formula is C22H29BrN2. The minimum absolute atomic E-state index is 0.775. The Balaban J connectivity index is 0.00000151. The van der Waals surface area contributed by atoms with Crippen molar-refractivity contribution in [2.75, 3.05) is 10.6 Å². The third-order valence-electron chi connectivity index (χ3n) is 3.54. The highest BCUT2D eigenvalue weighted by Crippen LogP contribution is 2.29. The predicted molar refractivity (Wildman–Crippen MR) is 116 cm³/mol. The van der Waals surface area contributed by atoms with Crippen LogP contribution in [0.3, 0.4) is 0 Å². The van der Waals surface area contributed by atoms with Crippen molar-refractivity contribution < 1.29 is 0 Å². The van der Waals surface area contributed by atoms with Gasteiger partial charge in [-0.25, -0.2) is 0 Å². The van der Waals surface area contributed by atoms with E-state index >= 15 is 0 Å². The van der Waals surface area contributed by atoms with Gasteiger partial charge in [0, 0.05) is 16.7 Å². The second kappa shape index (κ2) is 11.5. The highest BCUT2D eigenvalue weighted by molar-refractivity contribution is 9.10. The fourth-order valence-electron chi connectivity index (χ4n) is 2.47. The monoisotopic (exact) mass is 400 g/mol. The van der Waals surface area contributed by atoms with Crippen LogP contribution in [0.2, 0.25) is 0 Å². The standard InChI is InChI=1S/C20H23BrN2.C2H6/c1-3-7-18(8-4-2)23(20-10-6-5-9-19(20)22)15-16-11-13-17(21)14-12-16;1-2/h3,5-14H,4,15,22H2,1-2H3;1-2H3/b7-3-,18-8+;. The number of rotatable bonds is 6. The molecule has 134 valence electrons. The second-order valence-corrected chi connectivity index (χ2v) is 6.22. The number of nitrogens with zero attached hydrogens (tertiary/aromatic N) is 1. The molecule has 0 aromatic heterocycles. The number of halogens is 1. The maximum Gasteiger partial charge on any atom is 0.0647 e. The molecule has 2 N–H and O–H groups in total. The third kappa shape index (κ3) is 6.43. The normalized spacial score (nSPS) is 11.2. The zero-order valence-corrected chi connectivity index (χ0v) is 17.3. The Morgan fingerprint density at radius 1 is 1.08 bits per heavy atom. The minimum Gasteiger partial charge on any atom is -0.397 e. The van der Waals surface area contributed by atoms with Crippen molar-refractivity contribution in [3.63, 3.8) is 0 Å². The maximum atomic E-state index is 6.23. The first kappa shape index (κ1) is 21.0. The van der Waals surface area contributed by atoms with Crippen molar-refractivity contribution in [2.24, 2.45) is 0 Å². The minimum atomic E-state index is 0.775. The van der Waals surface area contributed by atoms with Crippen LogP contribution in [0.4, 0.5) is 11.4 Å². The topological polar surface area (TPSA) is 29.3 Å². The average Bonchev–Trinajstić information content (AvgIpc) is 2.64. The molecule has 0 unspecified atom stereocenters. The van der Waals surface area contributed by atoms with Crippen LogP contribution in [0, 0.1) is 0 Å². The average molecular weight is 401 g/mol. The predicted octanol–water partition coefficient (Wildman–Crippen LogP) is 6.93. The molecular weight excluding hydrogens is 372 g/mol. The molecule has 0 spiro atoms. The number of benzene rings is 2. The lowest BCUT2D eigenvalue weighted by molar-refractivity contribution is 0.925. The lowest BCUT2D eigenvalue weighted by Crippen LogP contribution is -2.22. The lowest BCUT2D eigenvalue weighted by Gasteiger charge is -2.27. The highest BCUT2D eigenvalue weighted by atomic mass is 79.9. The van der Waals surface area contributed by atoms with Crippen molar-refractivity contribution >= 4 is 27.3 Å². The molecule has 0 aliphatic heterocycles. The van der Waals surface area contributed by atoms with Crippen LogP contribution in [-0.4, -0.2) is 0 Å². The number of nitrogen functional groups attached to an aromatic ring is 1. The van der Waals surface area contributed by atoms with Gasteiger partial charge in [0.1, 0.15) is 0 Å². The summed E-state index contributed by atoms with van der Waals surface area (Å²) in [6.45, 7) is 8.96. The first-order valence-electron chi connectivity index (χ1n) is 8.85. The molecule has 0 aliphatic rings. The Morgan fingerprint density at radius 2 is 1.72 bits per heavy atom. The quantitative estimate of drug-likeness (QED) is 0.420. The number of hydrogen-bond acceptors (Lipinski definition) is 2. The molecule has 0 bridgehead atoms. The van der Waals surface area contributed by atoms with Gasteiger partial charge in [0.2, 0.25) is 0 Å². The fourth-order valence-corrected chi connectivity index (χ4v) is 2.73. The van der Waals surface area contributed by atoms with E-state index in [-0.39, 0.29) is 0 Å². The van der Waals surface area contributed by atoms with E-state index in [4.69, 9.17) is 5.73 Å². The van der Waals surface area contributed by atoms with Gasteiger partial charge < -0.3 is 10.6 Å². The molecule has 0 saturated carbocycles. The number of anilines is 2. The van der Waals surface area contributed by atoms with Gasteiger partial charge in [-0.1, -0.05) is 73.1 Å². The van der Waals surface area contributed by atoms with Gasteiger partial charge in [-0.3, -0.25) is 0 Å². The summed E-state index contributed by atoms with van der Waals surface area (Å²) in [6.07, 6.45) is 7.40. The van der Waals surface area contributed by atoms with Crippen LogP contribution < -0.4 is 10.6 Å². The smallest absolute Gasteiger partial charge is 0.0647 e. The van der Waals surface area contributed by atoms with Crippen molar-refractivity contribution in [3.05, 3.63) is 82.5 Å². The van der Waals surface area contributed by atoms with Gasteiger partial charge in [0.05, 0.1) is 11.4 Å². The molecule has 0 amide bonds. The molecule has 3 heteroatoms. The first-order chi connectivity index (χ1) is 12.2. The summed E-state index contributed by atoms with van der Waals surface area (Å²) >= 11 is 3.49. The lowest BCUT2D eigenvalue weighted by atomic mass is 10.1. The van der Waals surface area contributed by atoms with Crippen molar-refractivity contribution in [1.82, 2.24) is 0 Å². The van der Waals surface area contributed by atoms with Crippen LogP contribution in [-0.2, 0) is 6.54 Å². The fraction of sp³-hybridized carbons (Fsp3) is 0.273. The molecule has 0 atom stereocenters. The van der Waals surface area contributed by atoms with E-state index < -0.39 is 0 Å². The molecule has 0 aliphatic carbocycles. The molecule has 2 rings (SSSR count). The second-order valence-electron chi connectivity index (χ2n) is 5.31. The highest BCUT2D eigenvalue weighted by Gasteiger charge is 2.13. The summed E-state index contributed by atoms with van der Waals surface area (Å²) < 4.78 is 1.09. The van der Waals surface area contributed by atoms with Crippen LogP contribution in [0.1, 0.15) is 39.7 Å². The molecule has 0 fully saturated rings. The van der Waals surface area contributed by atoms with Crippen LogP contribution >= 0.6 is 15.9 Å². The van der Waals surface area contributed by atoms with Crippen LogP contribution in [0.5, 0.6) is 0 Å². The van der Waals surface area contributed by atoms with E-state index in [0.717, 1.165) is 34.5 Å². The Morgan fingerprint density at radius 3 is 2.28 bits per heavy atom. The largest absolute Gasteiger partial charge is 0.397 e. The van der Waals surface area contributed by atoms with Crippen molar-refractivity contribution in [2.45, 2.75) is 40.7 Å². The molecule has 2 nitrogen and oxygen atoms in total. The zero-order chi connectivity index (χ0) is 18.7. The van der Waals surface area contributed by atoms with E-state index in [0.29, 0.717) is 0 Å². The van der Waals surface area contributed by atoms with Crippen molar-refractivity contribution in [3.8, 4) is 0 Å². The van der Waals surface area contributed by atoms with Gasteiger partial charge in [-0.05, 0) is 49.2 Å². The van der Waals surface area contributed by atoms with Gasteiger partial charge in [-0.15, -0.1) is 0 Å². The van der Waals surface area contributed by atoms with Gasteiger partial charge in [0.25, 0.3) is 0 Å². The van der Waals surface area contributed by atoms with Gasteiger partial charge in [0.15, 0.2) is 0 Å². The van der Waals surface area contributed by atoms with E-state index in [1.165, 1.54) is 5.56 Å². The van der Waals surface area contributed by atoms with E-state index in [9.17, 15) is 0 Å². The Hall–Kier alpha value is -2.00. The Kier molecular flexibility index (Phi) is 9.71. The Labute approximate surface area is 161 Å². The molecule has 2 aromatic rings. The summed E-state index contributed by atoms with van der Waals surface area (Å²) in [5.74, 6) is 0. The number of hydrogen-bond donors (Lipinski definition) is 1. The number of allylic oxidation sites excluding steroid dienone is 3. The third-order valence-corrected chi connectivity index (χ3v) is 4.07. The van der Waals surface area contributed by atoms with E-state index in [1.807, 2.05) is 39.0 Å². The van der Waals surface area contributed by atoms with Crippen molar-refractivity contribution in [1.29, 1.82) is 0 Å². The Bertz CT molecular complexity index is 687. The number of nitrogens with two attached hydrogens (primary N) is 1. The molecule has 0 radical (unpaired) electrons. The zero-order valence-electron chi connectivity index (χ0n) is 15.7. The van der Waals surface area contributed by atoms with Crippen LogP contribution in [0.15, 0.2) is 76.9 Å². The molecule has 0 saturated heterocycles. The van der Waals surface area contributed by atoms with Gasteiger partial charge >= 0.3 is 0 Å². The van der Waals surface area contributed by atoms with E-state index in [2.05, 4.69) is 76.3 Å². The number of para-hydroxylation sites is 2. The molecule has 0 heterocycles. The summed E-state index contributed by atoms with van der Waals surface area (Å²) in [4.78, 5) is 2.27. The van der Waals surface area contributed by atoms with Gasteiger partial charge in [-0.2, -0.15) is 0 Å². The van der Waals surface area contributed by atoms with Crippen LogP contribution in [0.25, 0.3) is 0 Å². The SMILES string of the molecule is C/C=C\C(=C/CC)N(Cc1ccc(Br)cc1)c1ccccc1N.CC. The first-order valence-corrected chi connectivity index (χ1v) is 9.64. The summed E-state index contributed by atoms with van der Waals surface area (Å²) in [5.41, 5.74) is 10.5. The molecule has 2 aromatic carbocycles. The summed E-state index contributed by atoms with van der Waals surface area (Å²) in [7, 11) is 0. The van der Waals surface area contributed by atoms with E-state index in [1.54, 1.807) is 0 Å².